The van der Waals surface area contributed by atoms with Crippen LogP contribution in [0.5, 0.6) is 0 Å². The molecule has 5 nitrogen and oxygen atoms in total. The number of carbonyl (C=O) groups is 2. The van der Waals surface area contributed by atoms with Crippen molar-refractivity contribution in [1.29, 1.82) is 0 Å². The van der Waals surface area contributed by atoms with Crippen LogP contribution in [0.25, 0.3) is 0 Å². The Morgan fingerprint density at radius 1 is 1.21 bits per heavy atom. The zero-order valence-electron chi connectivity index (χ0n) is 12.4. The van der Waals surface area contributed by atoms with E-state index in [1.165, 1.54) is 4.90 Å². The predicted octanol–water partition coefficient (Wildman–Crippen LogP) is 0.831. The van der Waals surface area contributed by atoms with E-state index in [4.69, 9.17) is 5.73 Å². The fourth-order valence-corrected chi connectivity index (χ4v) is 2.58. The Kier molecular flexibility index (Phi) is 6.28. The van der Waals surface area contributed by atoms with Crippen LogP contribution in [0.4, 0.5) is 0 Å². The first-order chi connectivity index (χ1) is 8.93. The van der Waals surface area contributed by atoms with Gasteiger partial charge in [0.2, 0.25) is 11.8 Å². The molecule has 1 aliphatic rings. The first-order valence-electron chi connectivity index (χ1n) is 7.17. The van der Waals surface area contributed by atoms with Crippen molar-refractivity contribution in [2.24, 2.45) is 11.7 Å². The molecule has 5 heteroatoms. The lowest BCUT2D eigenvalue weighted by Crippen LogP contribution is -2.41. The summed E-state index contributed by atoms with van der Waals surface area (Å²) in [5, 5.41) is 0. The smallest absolute Gasteiger partial charge is 0.241 e. The topological polar surface area (TPSA) is 66.6 Å². The van der Waals surface area contributed by atoms with Gasteiger partial charge >= 0.3 is 0 Å². The van der Waals surface area contributed by atoms with Crippen molar-refractivity contribution in [3.8, 4) is 0 Å². The molecule has 1 saturated carbocycles. The molecule has 0 saturated heterocycles. The standard InChI is InChI=1S/C14H27N3O2/c1-4-17(10-14(19)16(2)3)13(18)9-11-6-5-7-12(15)8-11/h11-12H,4-10,15H2,1-3H3. The summed E-state index contributed by atoms with van der Waals surface area (Å²) in [6, 6.07) is 0.241. The van der Waals surface area contributed by atoms with Crippen LogP contribution in [-0.4, -0.2) is 54.8 Å². The molecule has 2 amide bonds. The van der Waals surface area contributed by atoms with Crippen LogP contribution in [0.15, 0.2) is 0 Å². The largest absolute Gasteiger partial charge is 0.347 e. The molecule has 0 aromatic heterocycles. The van der Waals surface area contributed by atoms with Gasteiger partial charge in [-0.25, -0.2) is 0 Å². The normalized spacial score (nSPS) is 22.9. The lowest BCUT2D eigenvalue weighted by atomic mass is 9.84. The summed E-state index contributed by atoms with van der Waals surface area (Å²) >= 11 is 0. The van der Waals surface area contributed by atoms with Gasteiger partial charge in [-0.15, -0.1) is 0 Å². The summed E-state index contributed by atoms with van der Waals surface area (Å²) in [5.41, 5.74) is 5.94. The molecule has 0 aliphatic heterocycles. The first kappa shape index (κ1) is 16.0. The SMILES string of the molecule is CCN(CC(=O)N(C)C)C(=O)CC1CCCC(N)C1. The molecule has 0 radical (unpaired) electrons. The average molecular weight is 269 g/mol. The maximum atomic E-state index is 12.2. The van der Waals surface area contributed by atoms with Gasteiger partial charge in [-0.1, -0.05) is 6.42 Å². The average Bonchev–Trinajstić information content (AvgIpc) is 2.35. The Bertz CT molecular complexity index is 318. The van der Waals surface area contributed by atoms with Crippen molar-refractivity contribution < 1.29 is 9.59 Å². The van der Waals surface area contributed by atoms with Crippen LogP contribution in [-0.2, 0) is 9.59 Å². The molecule has 1 rings (SSSR count). The second-order valence-corrected chi connectivity index (χ2v) is 5.69. The number of hydrogen-bond acceptors (Lipinski definition) is 3. The molecular formula is C14H27N3O2. The van der Waals surface area contributed by atoms with Crippen molar-refractivity contribution in [3.63, 3.8) is 0 Å². The molecule has 1 aliphatic carbocycles. The minimum Gasteiger partial charge on any atom is -0.347 e. The van der Waals surface area contributed by atoms with Gasteiger partial charge in [-0.3, -0.25) is 9.59 Å². The molecule has 2 unspecified atom stereocenters. The summed E-state index contributed by atoms with van der Waals surface area (Å²) in [7, 11) is 3.42. The second-order valence-electron chi connectivity index (χ2n) is 5.69. The lowest BCUT2D eigenvalue weighted by molar-refractivity contribution is -0.139. The van der Waals surface area contributed by atoms with Gasteiger partial charge in [0.25, 0.3) is 0 Å². The highest BCUT2D eigenvalue weighted by molar-refractivity contribution is 5.84. The van der Waals surface area contributed by atoms with Gasteiger partial charge in [-0.2, -0.15) is 0 Å². The van der Waals surface area contributed by atoms with E-state index >= 15 is 0 Å². The van der Waals surface area contributed by atoms with Crippen molar-refractivity contribution in [1.82, 2.24) is 9.80 Å². The van der Waals surface area contributed by atoms with Crippen LogP contribution < -0.4 is 5.73 Å². The Morgan fingerprint density at radius 3 is 2.42 bits per heavy atom. The number of hydrogen-bond donors (Lipinski definition) is 1. The van der Waals surface area contributed by atoms with E-state index in [9.17, 15) is 9.59 Å². The monoisotopic (exact) mass is 269 g/mol. The minimum absolute atomic E-state index is 0.0319. The van der Waals surface area contributed by atoms with Crippen LogP contribution >= 0.6 is 0 Å². The minimum atomic E-state index is -0.0319. The number of rotatable bonds is 5. The quantitative estimate of drug-likeness (QED) is 0.804. The summed E-state index contributed by atoms with van der Waals surface area (Å²) in [6.45, 7) is 2.67. The summed E-state index contributed by atoms with van der Waals surface area (Å²) in [4.78, 5) is 27.1. The Labute approximate surface area is 116 Å². The molecule has 0 spiro atoms. The van der Waals surface area contributed by atoms with Gasteiger partial charge in [0.05, 0.1) is 6.54 Å². The number of amides is 2. The van der Waals surface area contributed by atoms with Crippen LogP contribution in [0.2, 0.25) is 0 Å². The van der Waals surface area contributed by atoms with E-state index in [0.717, 1.165) is 25.7 Å². The predicted molar refractivity (Wildman–Crippen MR) is 75.5 cm³/mol. The van der Waals surface area contributed by atoms with Gasteiger partial charge in [0.1, 0.15) is 0 Å². The fourth-order valence-electron chi connectivity index (χ4n) is 2.58. The molecule has 2 N–H and O–H groups in total. The molecule has 0 bridgehead atoms. The van der Waals surface area contributed by atoms with Crippen LogP contribution in [0.3, 0.4) is 0 Å². The zero-order valence-corrected chi connectivity index (χ0v) is 12.4. The van der Waals surface area contributed by atoms with Gasteiger partial charge in [0, 0.05) is 33.1 Å². The van der Waals surface area contributed by atoms with Gasteiger partial charge in [-0.05, 0) is 32.1 Å². The van der Waals surface area contributed by atoms with E-state index in [-0.39, 0.29) is 24.4 Å². The lowest BCUT2D eigenvalue weighted by Gasteiger charge is -2.29. The van der Waals surface area contributed by atoms with E-state index < -0.39 is 0 Å². The molecule has 0 aromatic carbocycles. The number of nitrogens with zero attached hydrogens (tertiary/aromatic N) is 2. The molecule has 0 aromatic rings. The highest BCUT2D eigenvalue weighted by atomic mass is 16.2. The first-order valence-corrected chi connectivity index (χ1v) is 7.17. The number of likely N-dealkylation sites (N-methyl/N-ethyl adjacent to an activating group) is 2. The van der Waals surface area contributed by atoms with Gasteiger partial charge in [0.15, 0.2) is 0 Å². The number of carbonyl (C=O) groups excluding carboxylic acids is 2. The molecule has 1 fully saturated rings. The third kappa shape index (κ3) is 5.19. The summed E-state index contributed by atoms with van der Waals surface area (Å²) in [6.07, 6.45) is 4.73. The van der Waals surface area contributed by atoms with E-state index in [1.54, 1.807) is 19.0 Å². The molecule has 2 atom stereocenters. The van der Waals surface area contributed by atoms with Crippen molar-refractivity contribution in [2.45, 2.75) is 45.1 Å². The maximum absolute atomic E-state index is 12.2. The Morgan fingerprint density at radius 2 is 1.89 bits per heavy atom. The van der Waals surface area contributed by atoms with Gasteiger partial charge < -0.3 is 15.5 Å². The molecule has 110 valence electrons. The third-order valence-electron chi connectivity index (χ3n) is 3.85. The highest BCUT2D eigenvalue weighted by Crippen LogP contribution is 2.26. The molecule has 19 heavy (non-hydrogen) atoms. The van der Waals surface area contributed by atoms with E-state index in [0.29, 0.717) is 18.9 Å². The second kappa shape index (κ2) is 7.48. The molecular weight excluding hydrogens is 242 g/mol. The van der Waals surface area contributed by atoms with E-state index in [2.05, 4.69) is 0 Å². The van der Waals surface area contributed by atoms with Crippen LogP contribution in [0, 0.1) is 5.92 Å². The Balaban J connectivity index is 2.47. The zero-order chi connectivity index (χ0) is 14.4. The van der Waals surface area contributed by atoms with Crippen molar-refractivity contribution in [2.75, 3.05) is 27.2 Å². The van der Waals surface area contributed by atoms with Crippen molar-refractivity contribution in [3.05, 3.63) is 0 Å². The maximum Gasteiger partial charge on any atom is 0.241 e. The Hall–Kier alpha value is -1.10. The number of nitrogens with two attached hydrogens (primary N) is 1. The van der Waals surface area contributed by atoms with Crippen molar-refractivity contribution >= 4 is 11.8 Å². The third-order valence-corrected chi connectivity index (χ3v) is 3.85. The van der Waals surface area contributed by atoms with Crippen LogP contribution in [0.1, 0.15) is 39.0 Å². The van der Waals surface area contributed by atoms with E-state index in [1.807, 2.05) is 6.92 Å². The summed E-state index contributed by atoms with van der Waals surface area (Å²) in [5.74, 6) is 0.437. The molecule has 0 heterocycles. The summed E-state index contributed by atoms with van der Waals surface area (Å²) < 4.78 is 0. The fraction of sp³-hybridized carbons (Fsp3) is 0.857. The highest BCUT2D eigenvalue weighted by Gasteiger charge is 2.24.